The predicted molar refractivity (Wildman–Crippen MR) is 97.0 cm³/mol. The zero-order valence-corrected chi connectivity index (χ0v) is 15.1. The molecule has 27 heavy (non-hydrogen) atoms. The number of carbonyl (C=O) groups excluding carboxylic acids is 1. The number of rotatable bonds is 5. The molecular formula is C17H11ClFN4O3S+. The number of Topliss-reactive ketones (excluding diaryl/α,β-unsaturated/α-hetero) is 1. The fraction of sp³-hybridized carbons (Fsp3) is 0.0588. The van der Waals surface area contributed by atoms with Gasteiger partial charge in [-0.05, 0) is 28.2 Å². The number of para-hydroxylation sites is 2. The number of hydrogen-bond donors (Lipinski definition) is 2. The molecule has 2 aromatic carbocycles. The molecule has 4 aromatic rings. The standard InChI is InChI=1S/C17H10ClFN4O3S/c18-10-6-5-9(7-11(10)19)23-15(16(25)26-22-23)14(24)8-27-17-20-12-3-1-2-4-13(12)21-17/h1-7H,8H2,(H-,20,21,22,24,25)/p+1. The van der Waals surface area contributed by atoms with Crippen LogP contribution in [0.4, 0.5) is 4.39 Å². The van der Waals surface area contributed by atoms with E-state index in [9.17, 15) is 14.0 Å². The van der Waals surface area contributed by atoms with Crippen molar-refractivity contribution in [1.82, 2.24) is 15.2 Å². The molecule has 7 nitrogen and oxygen atoms in total. The molecule has 0 aliphatic carbocycles. The van der Waals surface area contributed by atoms with E-state index in [-0.39, 0.29) is 22.2 Å². The van der Waals surface area contributed by atoms with Gasteiger partial charge in [-0.2, -0.15) is 0 Å². The van der Waals surface area contributed by atoms with Crippen molar-refractivity contribution < 1.29 is 18.4 Å². The van der Waals surface area contributed by atoms with Crippen LogP contribution in [0.1, 0.15) is 10.5 Å². The van der Waals surface area contributed by atoms with E-state index < -0.39 is 17.2 Å². The summed E-state index contributed by atoms with van der Waals surface area (Å²) in [5.41, 5.74) is 0.737. The number of thioether (sulfide) groups is 1. The normalized spacial score (nSPS) is 11.2. The van der Waals surface area contributed by atoms with Gasteiger partial charge in [-0.15, -0.1) is 0 Å². The summed E-state index contributed by atoms with van der Waals surface area (Å²) in [4.78, 5) is 32.0. The smallest absolute Gasteiger partial charge is 0.333 e. The molecule has 0 spiro atoms. The monoisotopic (exact) mass is 405 g/mol. The zero-order chi connectivity index (χ0) is 19.0. The maximum Gasteiger partial charge on any atom is 0.438 e. The van der Waals surface area contributed by atoms with Gasteiger partial charge in [0.05, 0.1) is 27.9 Å². The van der Waals surface area contributed by atoms with E-state index in [4.69, 9.17) is 16.1 Å². The zero-order valence-electron chi connectivity index (χ0n) is 13.5. The van der Waals surface area contributed by atoms with Crippen LogP contribution in [0.3, 0.4) is 0 Å². The van der Waals surface area contributed by atoms with Crippen LogP contribution in [0.5, 0.6) is 0 Å². The van der Waals surface area contributed by atoms with Crippen LogP contribution in [0.15, 0.2) is 56.9 Å². The number of nitrogens with zero attached hydrogens (tertiary/aromatic N) is 2. The molecule has 0 saturated heterocycles. The van der Waals surface area contributed by atoms with Gasteiger partial charge in [-0.1, -0.05) is 35.5 Å². The van der Waals surface area contributed by atoms with Crippen LogP contribution in [-0.4, -0.2) is 26.8 Å². The Labute approximate surface area is 160 Å². The number of fused-ring (bicyclic) bond motifs is 1. The van der Waals surface area contributed by atoms with Crippen LogP contribution in [0.25, 0.3) is 16.7 Å². The number of imidazole rings is 1. The SMILES string of the molecule is O=C(CSc1nc2ccccc2[nH]1)c1c(=O)o[nH][n+]1-c1ccc(Cl)c(F)c1. The average Bonchev–Trinajstić information content (AvgIpc) is 3.25. The minimum absolute atomic E-state index is 0.0570. The molecule has 2 heterocycles. The van der Waals surface area contributed by atoms with Crippen LogP contribution >= 0.6 is 23.4 Å². The number of halogens is 2. The van der Waals surface area contributed by atoms with Gasteiger partial charge in [0.2, 0.25) is 11.5 Å². The Bertz CT molecular complexity index is 1180. The lowest BCUT2D eigenvalue weighted by Crippen LogP contribution is -2.41. The molecular weight excluding hydrogens is 395 g/mol. The van der Waals surface area contributed by atoms with Gasteiger partial charge in [0, 0.05) is 6.07 Å². The molecule has 0 saturated carbocycles. The molecule has 0 radical (unpaired) electrons. The second kappa shape index (κ2) is 7.01. The van der Waals surface area contributed by atoms with E-state index in [0.717, 1.165) is 33.5 Å². The second-order valence-corrected chi connectivity index (χ2v) is 6.91. The number of carbonyl (C=O) groups is 1. The van der Waals surface area contributed by atoms with Crippen molar-refractivity contribution in [3.8, 4) is 5.69 Å². The van der Waals surface area contributed by atoms with Crippen molar-refractivity contribution in [2.45, 2.75) is 5.16 Å². The number of H-pyrrole nitrogens is 2. The first-order chi connectivity index (χ1) is 13.0. The third-order valence-electron chi connectivity index (χ3n) is 3.78. The molecule has 0 atom stereocenters. The van der Waals surface area contributed by atoms with Crippen molar-refractivity contribution in [1.29, 1.82) is 0 Å². The van der Waals surface area contributed by atoms with Crippen molar-refractivity contribution in [2.75, 3.05) is 5.75 Å². The van der Waals surface area contributed by atoms with E-state index >= 15 is 0 Å². The Kier molecular flexibility index (Phi) is 4.54. The Hall–Kier alpha value is -2.91. The fourth-order valence-electron chi connectivity index (χ4n) is 2.52. The van der Waals surface area contributed by atoms with E-state index in [1.807, 2.05) is 24.3 Å². The minimum Gasteiger partial charge on any atom is -0.333 e. The summed E-state index contributed by atoms with van der Waals surface area (Å²) in [5, 5.41) is 2.78. The molecule has 2 N–H and O–H groups in total. The summed E-state index contributed by atoms with van der Waals surface area (Å²) < 4.78 is 19.5. The van der Waals surface area contributed by atoms with Crippen molar-refractivity contribution in [3.63, 3.8) is 0 Å². The van der Waals surface area contributed by atoms with E-state index in [1.165, 1.54) is 12.1 Å². The summed E-state index contributed by atoms with van der Waals surface area (Å²) in [7, 11) is 0. The van der Waals surface area contributed by atoms with Gasteiger partial charge < -0.3 is 4.98 Å². The largest absolute Gasteiger partial charge is 0.438 e. The topological polar surface area (TPSA) is 95.6 Å². The molecule has 0 aliphatic heterocycles. The van der Waals surface area contributed by atoms with Crippen LogP contribution in [0.2, 0.25) is 5.02 Å². The fourth-order valence-corrected chi connectivity index (χ4v) is 3.38. The van der Waals surface area contributed by atoms with Crippen molar-refractivity contribution >= 4 is 40.2 Å². The number of aromatic nitrogens is 4. The maximum atomic E-state index is 13.7. The predicted octanol–water partition coefficient (Wildman–Crippen LogP) is 2.89. The van der Waals surface area contributed by atoms with Gasteiger partial charge in [0.1, 0.15) is 5.82 Å². The number of aromatic amines is 2. The third-order valence-corrected chi connectivity index (χ3v) is 4.96. The first-order valence-electron chi connectivity index (χ1n) is 7.72. The molecule has 0 fully saturated rings. The summed E-state index contributed by atoms with van der Waals surface area (Å²) in [5.74, 6) is -1.23. The number of hydrogen-bond acceptors (Lipinski definition) is 5. The number of benzene rings is 2. The molecule has 2 aromatic heterocycles. The first-order valence-corrected chi connectivity index (χ1v) is 9.09. The van der Waals surface area contributed by atoms with E-state index in [1.54, 1.807) is 0 Å². The van der Waals surface area contributed by atoms with Gasteiger partial charge in [-0.25, -0.2) is 14.2 Å². The highest BCUT2D eigenvalue weighted by atomic mass is 35.5. The highest BCUT2D eigenvalue weighted by molar-refractivity contribution is 7.99. The Balaban J connectivity index is 1.59. The van der Waals surface area contributed by atoms with Gasteiger partial charge in [-0.3, -0.25) is 9.32 Å². The average molecular weight is 406 g/mol. The van der Waals surface area contributed by atoms with Gasteiger partial charge >= 0.3 is 11.3 Å². The molecule has 4 rings (SSSR count). The highest BCUT2D eigenvalue weighted by Crippen LogP contribution is 2.20. The van der Waals surface area contributed by atoms with E-state index in [2.05, 4.69) is 15.2 Å². The quantitative estimate of drug-likeness (QED) is 0.302. The lowest BCUT2D eigenvalue weighted by atomic mass is 10.2. The Morgan fingerprint density at radius 3 is 2.89 bits per heavy atom. The molecule has 0 bridgehead atoms. The van der Waals surface area contributed by atoms with Crippen LogP contribution in [-0.2, 0) is 0 Å². The maximum absolute atomic E-state index is 13.7. The summed E-state index contributed by atoms with van der Waals surface area (Å²) in [6.45, 7) is 0. The summed E-state index contributed by atoms with van der Waals surface area (Å²) in [6.07, 6.45) is 0. The van der Waals surface area contributed by atoms with E-state index in [0.29, 0.717) is 5.16 Å². The second-order valence-electron chi connectivity index (χ2n) is 5.53. The Morgan fingerprint density at radius 1 is 1.30 bits per heavy atom. The summed E-state index contributed by atoms with van der Waals surface area (Å²) >= 11 is 6.82. The molecule has 0 aliphatic rings. The van der Waals surface area contributed by atoms with Gasteiger partial charge in [0.25, 0.3) is 0 Å². The lowest BCUT2D eigenvalue weighted by Gasteiger charge is -1.96. The molecule has 136 valence electrons. The summed E-state index contributed by atoms with van der Waals surface area (Å²) in [6, 6.07) is 11.3. The minimum atomic E-state index is -0.847. The van der Waals surface area contributed by atoms with Gasteiger partial charge in [0.15, 0.2) is 5.16 Å². The third kappa shape index (κ3) is 3.38. The lowest BCUT2D eigenvalue weighted by molar-refractivity contribution is -0.672. The molecule has 0 unspecified atom stereocenters. The first kappa shape index (κ1) is 17.5. The molecule has 0 amide bonds. The number of nitrogens with one attached hydrogen (secondary N) is 2. The van der Waals surface area contributed by atoms with Crippen molar-refractivity contribution in [2.24, 2.45) is 0 Å². The number of ketones is 1. The van der Waals surface area contributed by atoms with Crippen LogP contribution in [0, 0.1) is 5.82 Å². The highest BCUT2D eigenvalue weighted by Gasteiger charge is 2.31. The van der Waals surface area contributed by atoms with Crippen LogP contribution < -0.4 is 10.3 Å². The Morgan fingerprint density at radius 2 is 2.11 bits per heavy atom. The van der Waals surface area contributed by atoms with Crippen molar-refractivity contribution in [3.05, 3.63) is 69.4 Å². The molecule has 10 heteroatoms.